The predicted molar refractivity (Wildman–Crippen MR) is 147 cm³/mol. The fourth-order valence-corrected chi connectivity index (χ4v) is 4.79. The Labute approximate surface area is 224 Å². The molecule has 0 aliphatic carbocycles. The van der Waals surface area contributed by atoms with Crippen molar-refractivity contribution < 1.29 is 23.7 Å². The lowest BCUT2D eigenvalue weighted by Crippen LogP contribution is -2.35. The Morgan fingerprint density at radius 3 is 2.65 bits per heavy atom. The minimum atomic E-state index is -0.499. The molecule has 0 saturated carbocycles. The number of amidine groups is 2. The van der Waals surface area contributed by atoms with Crippen molar-refractivity contribution in [3.8, 4) is 23.0 Å². The molecule has 2 heterocycles. The summed E-state index contributed by atoms with van der Waals surface area (Å²) in [6.45, 7) is 2.60. The van der Waals surface area contributed by atoms with E-state index in [1.807, 2.05) is 18.2 Å². The minimum Gasteiger partial charge on any atom is -0.497 e. The van der Waals surface area contributed by atoms with Crippen molar-refractivity contribution in [2.45, 2.75) is 26.2 Å². The number of amides is 1. The Morgan fingerprint density at radius 2 is 1.89 bits per heavy atom. The monoisotopic (exact) mass is 542 g/mol. The number of ether oxygens (including phenoxy) is 4. The van der Waals surface area contributed by atoms with Gasteiger partial charge in [0.15, 0.2) is 17.3 Å². The smallest absolute Gasteiger partial charge is 0.283 e. The van der Waals surface area contributed by atoms with Gasteiger partial charge in [-0.1, -0.05) is 31.0 Å². The number of fused-ring (bicyclic) bond motifs is 1. The molecule has 1 amide bonds. The average molecular weight is 543 g/mol. The average Bonchev–Trinajstić information content (AvgIpc) is 3.31. The molecule has 2 aliphatic rings. The summed E-state index contributed by atoms with van der Waals surface area (Å²) in [5.41, 5.74) is 0.680. The van der Waals surface area contributed by atoms with Gasteiger partial charge in [-0.25, -0.2) is 0 Å². The molecule has 0 unspecified atom stereocenters. The van der Waals surface area contributed by atoms with Gasteiger partial charge in [0.2, 0.25) is 5.17 Å². The van der Waals surface area contributed by atoms with Crippen molar-refractivity contribution in [1.29, 1.82) is 5.41 Å². The fourth-order valence-electron chi connectivity index (χ4n) is 3.58. The molecule has 0 fully saturated rings. The molecule has 0 radical (unpaired) electrons. The van der Waals surface area contributed by atoms with E-state index in [0.29, 0.717) is 38.8 Å². The number of methoxy groups -OCH3 is 2. The van der Waals surface area contributed by atoms with Crippen molar-refractivity contribution >= 4 is 51.4 Å². The second kappa shape index (κ2) is 12.2. The van der Waals surface area contributed by atoms with Gasteiger partial charge in [0.1, 0.15) is 29.8 Å². The van der Waals surface area contributed by atoms with Crippen LogP contribution in [0.2, 0.25) is 5.02 Å². The van der Waals surface area contributed by atoms with Gasteiger partial charge in [-0.2, -0.15) is 15.1 Å². The second-order valence-electron chi connectivity index (χ2n) is 8.03. The maximum Gasteiger partial charge on any atom is 0.283 e. The molecule has 9 nitrogen and oxygen atoms in total. The number of rotatable bonds is 11. The molecule has 0 saturated heterocycles. The standard InChI is InChI=1S/C26H27ClN4O5S/c1-4-5-9-22-30-31-24(28)19(25(32)29-26(31)37-22)12-16-13-20(27)23(21(14-16)34-3)36-11-10-35-18-8-6-7-17(15-18)33-2/h6-8,12-15,28H,4-5,9-11H2,1-3H3/b19-12-,28-24?. The molecule has 1 N–H and O–H groups in total. The Morgan fingerprint density at radius 1 is 1.11 bits per heavy atom. The first kappa shape index (κ1) is 26.6. The van der Waals surface area contributed by atoms with Crippen LogP contribution in [0.25, 0.3) is 6.08 Å². The Bertz CT molecular complexity index is 1290. The zero-order valence-corrected chi connectivity index (χ0v) is 22.3. The van der Waals surface area contributed by atoms with Gasteiger partial charge in [0.05, 0.1) is 24.8 Å². The first-order valence-electron chi connectivity index (χ1n) is 11.7. The van der Waals surface area contributed by atoms with Crippen LogP contribution in [-0.4, -0.2) is 54.4 Å². The summed E-state index contributed by atoms with van der Waals surface area (Å²) >= 11 is 7.84. The highest BCUT2D eigenvalue weighted by Crippen LogP contribution is 2.38. The largest absolute Gasteiger partial charge is 0.497 e. The lowest BCUT2D eigenvalue weighted by molar-refractivity contribution is -0.114. The van der Waals surface area contributed by atoms with E-state index in [-0.39, 0.29) is 24.6 Å². The summed E-state index contributed by atoms with van der Waals surface area (Å²) in [6.07, 6.45) is 4.36. The van der Waals surface area contributed by atoms with Crippen LogP contribution in [0.15, 0.2) is 52.1 Å². The van der Waals surface area contributed by atoms with Gasteiger partial charge in [-0.05, 0) is 60.5 Å². The molecule has 37 heavy (non-hydrogen) atoms. The van der Waals surface area contributed by atoms with E-state index < -0.39 is 5.91 Å². The fraction of sp³-hybridized carbons (Fsp3) is 0.308. The first-order chi connectivity index (χ1) is 17.9. The third kappa shape index (κ3) is 6.26. The minimum absolute atomic E-state index is 0.0286. The van der Waals surface area contributed by atoms with Gasteiger partial charge in [0.25, 0.3) is 5.91 Å². The van der Waals surface area contributed by atoms with Gasteiger partial charge < -0.3 is 18.9 Å². The lowest BCUT2D eigenvalue weighted by Gasteiger charge is -2.20. The van der Waals surface area contributed by atoms with Crippen LogP contribution in [0, 0.1) is 5.41 Å². The molecule has 11 heteroatoms. The number of thioether (sulfide) groups is 1. The van der Waals surface area contributed by atoms with E-state index in [4.69, 9.17) is 36.0 Å². The van der Waals surface area contributed by atoms with Crippen LogP contribution in [0.5, 0.6) is 23.0 Å². The maximum atomic E-state index is 12.7. The number of hydrogen-bond donors (Lipinski definition) is 1. The number of hydrogen-bond acceptors (Lipinski definition) is 8. The molecule has 0 aromatic heterocycles. The quantitative estimate of drug-likeness (QED) is 0.290. The van der Waals surface area contributed by atoms with E-state index in [1.165, 1.54) is 23.9 Å². The van der Waals surface area contributed by atoms with E-state index >= 15 is 0 Å². The summed E-state index contributed by atoms with van der Waals surface area (Å²) in [5, 5.41) is 16.0. The van der Waals surface area contributed by atoms with Crippen LogP contribution in [0.1, 0.15) is 31.7 Å². The molecule has 2 aromatic rings. The number of nitrogens with zero attached hydrogens (tertiary/aromatic N) is 3. The highest BCUT2D eigenvalue weighted by atomic mass is 35.5. The van der Waals surface area contributed by atoms with Crippen molar-refractivity contribution in [2.75, 3.05) is 27.4 Å². The SMILES string of the molecule is CCCCC1=NN2C(=N)/C(=C/c3cc(Cl)c(OCCOc4cccc(OC)c4)c(OC)c3)C(=O)N=C2S1. The van der Waals surface area contributed by atoms with Crippen LogP contribution in [0.4, 0.5) is 0 Å². The van der Waals surface area contributed by atoms with Gasteiger partial charge in [-0.3, -0.25) is 10.2 Å². The number of halogens is 1. The van der Waals surface area contributed by atoms with Crippen molar-refractivity contribution in [3.63, 3.8) is 0 Å². The highest BCUT2D eigenvalue weighted by molar-refractivity contribution is 8.26. The van der Waals surface area contributed by atoms with Gasteiger partial charge >= 0.3 is 0 Å². The second-order valence-corrected chi connectivity index (χ2v) is 9.48. The Kier molecular flexibility index (Phi) is 8.73. The number of hydrazone groups is 1. The molecular formula is C26H27ClN4O5S. The predicted octanol–water partition coefficient (Wildman–Crippen LogP) is 5.62. The first-order valence-corrected chi connectivity index (χ1v) is 12.9. The van der Waals surface area contributed by atoms with Crippen molar-refractivity contribution in [1.82, 2.24) is 5.01 Å². The normalized spacial score (nSPS) is 15.9. The van der Waals surface area contributed by atoms with Crippen molar-refractivity contribution in [2.24, 2.45) is 10.1 Å². The number of carbonyl (C=O) groups is 1. The number of carbonyl (C=O) groups excluding carboxylic acids is 1. The summed E-state index contributed by atoms with van der Waals surface area (Å²) in [7, 11) is 3.10. The number of aliphatic imine (C=N–C) groups is 1. The number of benzene rings is 2. The number of unbranched alkanes of at least 4 members (excludes halogenated alkanes) is 1. The van der Waals surface area contributed by atoms with E-state index in [2.05, 4.69) is 17.0 Å². The molecule has 0 bridgehead atoms. The van der Waals surface area contributed by atoms with Crippen LogP contribution in [0.3, 0.4) is 0 Å². The van der Waals surface area contributed by atoms with Crippen LogP contribution in [-0.2, 0) is 4.79 Å². The summed E-state index contributed by atoms with van der Waals surface area (Å²) in [5.74, 6) is 1.57. The van der Waals surface area contributed by atoms with E-state index in [9.17, 15) is 4.79 Å². The van der Waals surface area contributed by atoms with E-state index in [0.717, 1.165) is 24.3 Å². The number of nitrogens with one attached hydrogen (secondary N) is 1. The maximum absolute atomic E-state index is 12.7. The third-order valence-corrected chi connectivity index (χ3v) is 6.69. The topological polar surface area (TPSA) is 106 Å². The molecule has 0 spiro atoms. The zero-order valence-electron chi connectivity index (χ0n) is 20.7. The zero-order chi connectivity index (χ0) is 26.4. The van der Waals surface area contributed by atoms with Gasteiger partial charge in [-0.15, -0.1) is 0 Å². The Hall–Kier alpha value is -3.50. The molecule has 194 valence electrons. The van der Waals surface area contributed by atoms with Gasteiger partial charge in [0, 0.05) is 6.07 Å². The lowest BCUT2D eigenvalue weighted by atomic mass is 10.1. The molecular weight excluding hydrogens is 516 g/mol. The Balaban J connectivity index is 1.46. The third-order valence-electron chi connectivity index (χ3n) is 5.44. The van der Waals surface area contributed by atoms with Crippen LogP contribution < -0.4 is 18.9 Å². The van der Waals surface area contributed by atoms with E-state index in [1.54, 1.807) is 31.4 Å². The highest BCUT2D eigenvalue weighted by Gasteiger charge is 2.35. The molecule has 2 aliphatic heterocycles. The van der Waals surface area contributed by atoms with Crippen molar-refractivity contribution in [3.05, 3.63) is 52.6 Å². The molecule has 2 aromatic carbocycles. The van der Waals surface area contributed by atoms with Crippen LogP contribution >= 0.6 is 23.4 Å². The summed E-state index contributed by atoms with van der Waals surface area (Å²) in [4.78, 5) is 16.8. The molecule has 4 rings (SSSR count). The summed E-state index contributed by atoms with van der Waals surface area (Å²) < 4.78 is 22.2. The summed E-state index contributed by atoms with van der Waals surface area (Å²) in [6, 6.07) is 10.6. The molecule has 0 atom stereocenters.